The van der Waals surface area contributed by atoms with Crippen molar-refractivity contribution in [2.45, 2.75) is 24.8 Å². The van der Waals surface area contributed by atoms with E-state index >= 15 is 0 Å². The van der Waals surface area contributed by atoms with Crippen LogP contribution in [0.5, 0.6) is 5.75 Å². The molecule has 0 fully saturated rings. The molecule has 0 N–H and O–H groups in total. The first-order valence-electron chi connectivity index (χ1n) is 7.82. The maximum absolute atomic E-state index is 5.43. The van der Waals surface area contributed by atoms with Crippen molar-refractivity contribution in [1.82, 2.24) is 14.8 Å². The zero-order chi connectivity index (χ0) is 17.1. The molecule has 0 amide bonds. The topological polar surface area (TPSA) is 39.9 Å². The van der Waals surface area contributed by atoms with Crippen molar-refractivity contribution < 1.29 is 4.74 Å². The minimum Gasteiger partial charge on any atom is -0.496 e. The summed E-state index contributed by atoms with van der Waals surface area (Å²) < 4.78 is 7.46. The highest BCUT2D eigenvalue weighted by Crippen LogP contribution is 2.31. The molecule has 0 unspecified atom stereocenters. The first-order valence-corrected chi connectivity index (χ1v) is 8.80. The number of benzene rings is 2. The lowest BCUT2D eigenvalue weighted by Gasteiger charge is -2.09. The molecule has 4 nitrogen and oxygen atoms in total. The Hall–Kier alpha value is -2.27. The van der Waals surface area contributed by atoms with Crippen LogP contribution in [0.1, 0.15) is 16.7 Å². The molecule has 0 radical (unpaired) electrons. The molecule has 2 aromatic carbocycles. The number of rotatable bonds is 5. The van der Waals surface area contributed by atoms with Gasteiger partial charge in [-0.25, -0.2) is 0 Å². The number of para-hydroxylation sites is 1. The van der Waals surface area contributed by atoms with E-state index in [0.717, 1.165) is 28.0 Å². The van der Waals surface area contributed by atoms with Crippen LogP contribution in [-0.4, -0.2) is 21.9 Å². The Morgan fingerprint density at radius 1 is 1.08 bits per heavy atom. The van der Waals surface area contributed by atoms with Crippen molar-refractivity contribution in [3.63, 3.8) is 0 Å². The van der Waals surface area contributed by atoms with Crippen molar-refractivity contribution in [2.75, 3.05) is 7.11 Å². The minimum absolute atomic E-state index is 0.805. The van der Waals surface area contributed by atoms with Gasteiger partial charge in [0.2, 0.25) is 0 Å². The molecule has 24 heavy (non-hydrogen) atoms. The molecule has 0 saturated heterocycles. The van der Waals surface area contributed by atoms with Gasteiger partial charge in [-0.3, -0.25) is 0 Å². The summed E-state index contributed by atoms with van der Waals surface area (Å²) in [5, 5.41) is 9.61. The Morgan fingerprint density at radius 2 is 1.88 bits per heavy atom. The molecular formula is C19H21N3OS. The summed E-state index contributed by atoms with van der Waals surface area (Å²) in [6.45, 7) is 4.27. The van der Waals surface area contributed by atoms with Crippen molar-refractivity contribution in [3.05, 3.63) is 59.2 Å². The van der Waals surface area contributed by atoms with E-state index < -0.39 is 0 Å². The third-order valence-electron chi connectivity index (χ3n) is 4.04. The molecule has 3 aromatic rings. The normalized spacial score (nSPS) is 10.8. The lowest BCUT2D eigenvalue weighted by molar-refractivity contribution is 0.416. The molecule has 1 heterocycles. The van der Waals surface area contributed by atoms with E-state index in [0.29, 0.717) is 0 Å². The SMILES string of the molecule is COc1ccccc1-c1nnc(SCc2cc(C)ccc2C)n1C. The van der Waals surface area contributed by atoms with E-state index in [2.05, 4.69) is 42.2 Å². The summed E-state index contributed by atoms with van der Waals surface area (Å²) >= 11 is 1.70. The monoisotopic (exact) mass is 339 g/mol. The van der Waals surface area contributed by atoms with Gasteiger partial charge in [0.25, 0.3) is 0 Å². The van der Waals surface area contributed by atoms with Gasteiger partial charge in [0.05, 0.1) is 12.7 Å². The molecule has 0 bridgehead atoms. The second-order valence-electron chi connectivity index (χ2n) is 5.78. The van der Waals surface area contributed by atoms with E-state index in [1.807, 2.05) is 35.9 Å². The van der Waals surface area contributed by atoms with Gasteiger partial charge in [-0.05, 0) is 37.1 Å². The summed E-state index contributed by atoms with van der Waals surface area (Å²) in [6.07, 6.45) is 0. The van der Waals surface area contributed by atoms with Gasteiger partial charge >= 0.3 is 0 Å². The molecule has 5 heteroatoms. The number of aryl methyl sites for hydroxylation is 2. The van der Waals surface area contributed by atoms with Crippen molar-refractivity contribution in [1.29, 1.82) is 0 Å². The van der Waals surface area contributed by atoms with E-state index in [-0.39, 0.29) is 0 Å². The summed E-state index contributed by atoms with van der Waals surface area (Å²) in [5.41, 5.74) is 4.87. The van der Waals surface area contributed by atoms with Crippen LogP contribution < -0.4 is 4.74 Å². The number of ether oxygens (including phenoxy) is 1. The van der Waals surface area contributed by atoms with Gasteiger partial charge in [0.1, 0.15) is 5.75 Å². The van der Waals surface area contributed by atoms with Gasteiger partial charge < -0.3 is 9.30 Å². The summed E-state index contributed by atoms with van der Waals surface area (Å²) in [4.78, 5) is 0. The number of aromatic nitrogens is 3. The number of thioether (sulfide) groups is 1. The van der Waals surface area contributed by atoms with E-state index in [4.69, 9.17) is 4.74 Å². The minimum atomic E-state index is 0.805. The number of hydrogen-bond acceptors (Lipinski definition) is 4. The summed E-state index contributed by atoms with van der Waals surface area (Å²) in [5.74, 6) is 2.50. The fourth-order valence-corrected chi connectivity index (χ4v) is 3.58. The van der Waals surface area contributed by atoms with E-state index in [9.17, 15) is 0 Å². The van der Waals surface area contributed by atoms with Gasteiger partial charge in [0, 0.05) is 12.8 Å². The van der Waals surface area contributed by atoms with Crippen LogP contribution in [0.4, 0.5) is 0 Å². The van der Waals surface area contributed by atoms with Crippen molar-refractivity contribution >= 4 is 11.8 Å². The Labute approximate surface area is 146 Å². The summed E-state index contributed by atoms with van der Waals surface area (Å²) in [7, 11) is 3.67. The lowest BCUT2D eigenvalue weighted by atomic mass is 10.1. The van der Waals surface area contributed by atoms with Crippen LogP contribution >= 0.6 is 11.8 Å². The van der Waals surface area contributed by atoms with Crippen molar-refractivity contribution in [2.24, 2.45) is 7.05 Å². The fourth-order valence-electron chi connectivity index (χ4n) is 2.60. The number of nitrogens with zero attached hydrogens (tertiary/aromatic N) is 3. The molecule has 3 rings (SSSR count). The third-order valence-corrected chi connectivity index (χ3v) is 5.11. The number of methoxy groups -OCH3 is 1. The zero-order valence-electron chi connectivity index (χ0n) is 14.4. The van der Waals surface area contributed by atoms with Crippen LogP contribution in [0.3, 0.4) is 0 Å². The molecule has 0 aliphatic heterocycles. The Balaban J connectivity index is 1.84. The summed E-state index contributed by atoms with van der Waals surface area (Å²) in [6, 6.07) is 14.4. The molecule has 0 saturated carbocycles. The lowest BCUT2D eigenvalue weighted by Crippen LogP contribution is -1.97. The largest absolute Gasteiger partial charge is 0.496 e. The average Bonchev–Trinajstić information content (AvgIpc) is 2.96. The molecule has 1 aromatic heterocycles. The highest BCUT2D eigenvalue weighted by atomic mass is 32.2. The highest BCUT2D eigenvalue weighted by molar-refractivity contribution is 7.98. The Bertz CT molecular complexity index is 858. The molecular weight excluding hydrogens is 318 g/mol. The maximum Gasteiger partial charge on any atom is 0.191 e. The van der Waals surface area contributed by atoms with Crippen LogP contribution in [0, 0.1) is 13.8 Å². The second-order valence-corrected chi connectivity index (χ2v) is 6.73. The molecule has 0 aliphatic rings. The van der Waals surface area contributed by atoms with Gasteiger partial charge in [0.15, 0.2) is 11.0 Å². The van der Waals surface area contributed by atoms with E-state index in [1.165, 1.54) is 16.7 Å². The Morgan fingerprint density at radius 3 is 2.67 bits per heavy atom. The average molecular weight is 339 g/mol. The highest BCUT2D eigenvalue weighted by Gasteiger charge is 2.15. The molecule has 0 spiro atoms. The first kappa shape index (κ1) is 16.6. The standard InChI is InChI=1S/C19H21N3OS/c1-13-9-10-14(2)15(11-13)12-24-19-21-20-18(22(19)3)16-7-5-6-8-17(16)23-4/h5-11H,12H2,1-4H3. The zero-order valence-corrected chi connectivity index (χ0v) is 15.2. The van der Waals surface area contributed by atoms with Crippen LogP contribution in [0.2, 0.25) is 0 Å². The smallest absolute Gasteiger partial charge is 0.191 e. The van der Waals surface area contributed by atoms with Gasteiger partial charge in [-0.2, -0.15) is 0 Å². The predicted octanol–water partition coefficient (Wildman–Crippen LogP) is 4.40. The molecule has 124 valence electrons. The third kappa shape index (κ3) is 3.31. The molecule has 0 aliphatic carbocycles. The van der Waals surface area contributed by atoms with Gasteiger partial charge in [-0.15, -0.1) is 10.2 Å². The molecule has 0 atom stereocenters. The predicted molar refractivity (Wildman–Crippen MR) is 98.5 cm³/mol. The van der Waals surface area contributed by atoms with Crippen LogP contribution in [-0.2, 0) is 12.8 Å². The van der Waals surface area contributed by atoms with Crippen LogP contribution in [0.15, 0.2) is 47.6 Å². The van der Waals surface area contributed by atoms with Crippen LogP contribution in [0.25, 0.3) is 11.4 Å². The first-order chi connectivity index (χ1) is 11.6. The number of hydrogen-bond donors (Lipinski definition) is 0. The van der Waals surface area contributed by atoms with E-state index in [1.54, 1.807) is 18.9 Å². The van der Waals surface area contributed by atoms with Crippen molar-refractivity contribution in [3.8, 4) is 17.1 Å². The quantitative estimate of drug-likeness (QED) is 0.646. The maximum atomic E-state index is 5.43. The Kier molecular flexibility index (Phi) is 4.90. The van der Waals surface area contributed by atoms with Gasteiger partial charge in [-0.1, -0.05) is 47.7 Å². The second kappa shape index (κ2) is 7.09. The fraction of sp³-hybridized carbons (Fsp3) is 0.263.